The van der Waals surface area contributed by atoms with E-state index in [1.165, 1.54) is 17.8 Å². The number of hydrogen-bond acceptors (Lipinski definition) is 4. The Morgan fingerprint density at radius 2 is 2.57 bits per heavy atom. The molecule has 0 aliphatic carbocycles. The minimum Gasteiger partial charge on any atom is -0.378 e. The Labute approximate surface area is 86.1 Å². The molecule has 4 nitrogen and oxygen atoms in total. The normalized spacial score (nSPS) is 9.71. The highest BCUT2D eigenvalue weighted by atomic mass is 32.2. The summed E-state index contributed by atoms with van der Waals surface area (Å²) in [6.45, 7) is 0.327. The highest BCUT2D eigenvalue weighted by molar-refractivity contribution is 7.99. The van der Waals surface area contributed by atoms with Gasteiger partial charge in [0.2, 0.25) is 0 Å². The second-order valence-electron chi connectivity index (χ2n) is 2.47. The fraction of sp³-hybridized carbons (Fsp3) is 0.333. The Kier molecular flexibility index (Phi) is 4.23. The monoisotopic (exact) mass is 210 g/mol. The van der Waals surface area contributed by atoms with E-state index < -0.39 is 0 Å². The van der Waals surface area contributed by atoms with Crippen LogP contribution in [0.25, 0.3) is 0 Å². The molecule has 0 aliphatic rings. The molecular weight excluding hydrogens is 200 g/mol. The van der Waals surface area contributed by atoms with Crippen LogP contribution < -0.4 is 5.56 Å². The van der Waals surface area contributed by atoms with Crippen molar-refractivity contribution in [3.63, 3.8) is 0 Å². The number of aromatic nitrogens is 2. The number of nitrogens with one attached hydrogen (secondary N) is 1. The van der Waals surface area contributed by atoms with Crippen molar-refractivity contribution >= 4 is 11.8 Å². The molecule has 0 saturated heterocycles. The van der Waals surface area contributed by atoms with Crippen LogP contribution in [-0.4, -0.2) is 22.8 Å². The van der Waals surface area contributed by atoms with Crippen LogP contribution in [0.3, 0.4) is 0 Å². The molecule has 5 heteroatoms. The quantitative estimate of drug-likeness (QED) is 0.450. The molecule has 0 atom stereocenters. The van der Waals surface area contributed by atoms with Crippen LogP contribution in [0, 0.1) is 12.3 Å². The van der Waals surface area contributed by atoms with E-state index in [4.69, 9.17) is 11.2 Å². The average molecular weight is 210 g/mol. The van der Waals surface area contributed by atoms with Crippen molar-refractivity contribution in [2.75, 3.05) is 12.9 Å². The van der Waals surface area contributed by atoms with Crippen LogP contribution >= 0.6 is 11.8 Å². The zero-order valence-corrected chi connectivity index (χ0v) is 8.56. The smallest absolute Gasteiger partial charge is 0.251 e. The first-order valence-electron chi connectivity index (χ1n) is 3.91. The van der Waals surface area contributed by atoms with Crippen LogP contribution in [-0.2, 0) is 11.3 Å². The van der Waals surface area contributed by atoms with E-state index in [1.807, 2.05) is 0 Å². The Hall–Kier alpha value is -1.25. The van der Waals surface area contributed by atoms with E-state index in [0.29, 0.717) is 23.2 Å². The van der Waals surface area contributed by atoms with E-state index in [-0.39, 0.29) is 5.56 Å². The molecule has 1 N–H and O–H groups in total. The average Bonchev–Trinajstić information content (AvgIpc) is 2.14. The molecule has 0 radical (unpaired) electrons. The van der Waals surface area contributed by atoms with Crippen molar-refractivity contribution in [3.05, 3.63) is 22.1 Å². The molecule has 1 rings (SSSR count). The third-order valence-corrected chi connectivity index (χ3v) is 2.14. The van der Waals surface area contributed by atoms with Gasteiger partial charge in [0.1, 0.15) is 0 Å². The first-order valence-corrected chi connectivity index (χ1v) is 4.90. The van der Waals surface area contributed by atoms with E-state index >= 15 is 0 Å². The topological polar surface area (TPSA) is 55.0 Å². The lowest BCUT2D eigenvalue weighted by Crippen LogP contribution is -2.10. The maximum absolute atomic E-state index is 11.1. The van der Waals surface area contributed by atoms with Gasteiger partial charge in [-0.1, -0.05) is 17.7 Å². The molecule has 1 aromatic heterocycles. The number of ether oxygens (including phenoxy) is 1. The van der Waals surface area contributed by atoms with Crippen LogP contribution in [0.2, 0.25) is 0 Å². The van der Waals surface area contributed by atoms with E-state index in [0.717, 1.165) is 0 Å². The van der Waals surface area contributed by atoms with Crippen LogP contribution in [0.5, 0.6) is 0 Å². The van der Waals surface area contributed by atoms with Gasteiger partial charge in [-0.2, -0.15) is 0 Å². The number of H-pyrrole nitrogens is 1. The van der Waals surface area contributed by atoms with Crippen LogP contribution in [0.4, 0.5) is 0 Å². The summed E-state index contributed by atoms with van der Waals surface area (Å²) in [6.07, 6.45) is 5.10. The molecule has 0 amide bonds. The van der Waals surface area contributed by atoms with Gasteiger partial charge in [0.15, 0.2) is 5.16 Å². The third kappa shape index (κ3) is 3.24. The van der Waals surface area contributed by atoms with Crippen molar-refractivity contribution in [1.29, 1.82) is 0 Å². The van der Waals surface area contributed by atoms with Gasteiger partial charge in [-0.3, -0.25) is 4.79 Å². The molecule has 0 bridgehead atoms. The standard InChI is InChI=1S/C9H10N2O2S/c1-3-4-14-9-10-7(6-13-2)5-8(12)11-9/h1,5H,4,6H2,2H3,(H,10,11,12). The molecule has 74 valence electrons. The molecule has 0 spiro atoms. The van der Waals surface area contributed by atoms with Gasteiger partial charge < -0.3 is 9.72 Å². The summed E-state index contributed by atoms with van der Waals surface area (Å²) in [4.78, 5) is 17.9. The molecular formula is C9H10N2O2S. The highest BCUT2D eigenvalue weighted by Gasteiger charge is 2.00. The van der Waals surface area contributed by atoms with Gasteiger partial charge in [-0.25, -0.2) is 4.98 Å². The minimum absolute atomic E-state index is 0.188. The number of nitrogens with zero attached hydrogens (tertiary/aromatic N) is 1. The second-order valence-corrected chi connectivity index (χ2v) is 3.43. The van der Waals surface area contributed by atoms with Crippen LogP contribution in [0.1, 0.15) is 5.69 Å². The van der Waals surface area contributed by atoms with Gasteiger partial charge in [-0.05, 0) is 0 Å². The SMILES string of the molecule is C#CCSc1nc(COC)cc(=O)[nH]1. The molecule has 0 aliphatic heterocycles. The molecule has 1 aromatic rings. The van der Waals surface area contributed by atoms with Crippen molar-refractivity contribution < 1.29 is 4.74 Å². The largest absolute Gasteiger partial charge is 0.378 e. The number of rotatable bonds is 4. The van der Waals surface area contributed by atoms with E-state index in [1.54, 1.807) is 7.11 Å². The Morgan fingerprint density at radius 3 is 3.21 bits per heavy atom. The summed E-state index contributed by atoms with van der Waals surface area (Å²) in [5.74, 6) is 2.94. The lowest BCUT2D eigenvalue weighted by molar-refractivity contribution is 0.180. The van der Waals surface area contributed by atoms with Crippen molar-refractivity contribution in [1.82, 2.24) is 9.97 Å². The Morgan fingerprint density at radius 1 is 1.79 bits per heavy atom. The number of terminal acetylenes is 1. The number of aromatic amines is 1. The highest BCUT2D eigenvalue weighted by Crippen LogP contribution is 2.09. The van der Waals surface area contributed by atoms with Gasteiger partial charge in [0, 0.05) is 13.2 Å². The Bertz CT molecular complexity index is 395. The Balaban J connectivity index is 2.85. The maximum atomic E-state index is 11.1. The minimum atomic E-state index is -0.188. The van der Waals surface area contributed by atoms with E-state index in [9.17, 15) is 4.79 Å². The summed E-state index contributed by atoms with van der Waals surface area (Å²) in [5.41, 5.74) is 0.419. The summed E-state index contributed by atoms with van der Waals surface area (Å²) >= 11 is 1.32. The number of hydrogen-bond donors (Lipinski definition) is 1. The van der Waals surface area contributed by atoms with Crippen molar-refractivity contribution in [2.24, 2.45) is 0 Å². The summed E-state index contributed by atoms with van der Waals surface area (Å²) in [5, 5.41) is 0.530. The first-order chi connectivity index (χ1) is 6.76. The number of methoxy groups -OCH3 is 1. The summed E-state index contributed by atoms with van der Waals surface area (Å²) in [7, 11) is 1.55. The fourth-order valence-corrected chi connectivity index (χ4v) is 1.46. The number of thioether (sulfide) groups is 1. The lowest BCUT2D eigenvalue weighted by Gasteiger charge is -2.00. The van der Waals surface area contributed by atoms with E-state index in [2.05, 4.69) is 15.9 Å². The first kappa shape index (κ1) is 10.8. The molecule has 0 fully saturated rings. The predicted molar refractivity (Wildman–Crippen MR) is 55.1 cm³/mol. The van der Waals surface area contributed by atoms with Gasteiger partial charge in [0.25, 0.3) is 5.56 Å². The molecule has 0 aromatic carbocycles. The molecule has 0 saturated carbocycles. The van der Waals surface area contributed by atoms with Crippen molar-refractivity contribution in [3.8, 4) is 12.3 Å². The van der Waals surface area contributed by atoms with Crippen molar-refractivity contribution in [2.45, 2.75) is 11.8 Å². The van der Waals surface area contributed by atoms with Gasteiger partial charge >= 0.3 is 0 Å². The third-order valence-electron chi connectivity index (χ3n) is 1.36. The summed E-state index contributed by atoms with van der Waals surface area (Å²) < 4.78 is 4.88. The van der Waals surface area contributed by atoms with Gasteiger partial charge in [0.05, 0.1) is 18.1 Å². The zero-order chi connectivity index (χ0) is 10.4. The second kappa shape index (κ2) is 5.47. The lowest BCUT2D eigenvalue weighted by atomic mass is 10.4. The molecule has 14 heavy (non-hydrogen) atoms. The van der Waals surface area contributed by atoms with Crippen LogP contribution in [0.15, 0.2) is 16.0 Å². The molecule has 0 unspecified atom stereocenters. The zero-order valence-electron chi connectivity index (χ0n) is 7.74. The molecule has 1 heterocycles. The van der Waals surface area contributed by atoms with Gasteiger partial charge in [-0.15, -0.1) is 6.42 Å². The predicted octanol–water partition coefficient (Wildman–Crippen LogP) is 0.642. The maximum Gasteiger partial charge on any atom is 0.251 e. The summed E-state index contributed by atoms with van der Waals surface area (Å²) in [6, 6.07) is 1.41. The fourth-order valence-electron chi connectivity index (χ4n) is 0.884.